The second kappa shape index (κ2) is 23.1. The molecule has 0 amide bonds. The molecule has 2 aliphatic heterocycles. The Bertz CT molecular complexity index is 2270. The fourth-order valence-electron chi connectivity index (χ4n) is 6.24. The minimum absolute atomic E-state index is 0.0565. The highest BCUT2D eigenvalue weighted by molar-refractivity contribution is 5.84. The van der Waals surface area contributed by atoms with Crippen molar-refractivity contribution in [2.45, 2.75) is 75.3 Å². The van der Waals surface area contributed by atoms with Crippen LogP contribution in [0, 0.1) is 0 Å². The van der Waals surface area contributed by atoms with E-state index in [0.29, 0.717) is 42.6 Å². The third-order valence-electron chi connectivity index (χ3n) is 9.45. The molecule has 7 N–H and O–H groups in total. The Hall–Kier alpha value is -6.72. The fraction of sp³-hybridized carbons (Fsp3) is 0.447. The van der Waals surface area contributed by atoms with E-state index in [1.54, 1.807) is 10.9 Å². The molecule has 29 heteroatoms. The van der Waals surface area contributed by atoms with Crippen molar-refractivity contribution in [2.24, 2.45) is 0 Å². The molecule has 2 fully saturated rings. The van der Waals surface area contributed by atoms with Gasteiger partial charge in [0.25, 0.3) is 0 Å². The molecule has 5 aromatic rings. The second-order valence-corrected chi connectivity index (χ2v) is 14.1. The summed E-state index contributed by atoms with van der Waals surface area (Å²) in [7, 11) is 0. The highest BCUT2D eigenvalue weighted by Gasteiger charge is 2.47. The van der Waals surface area contributed by atoms with Crippen molar-refractivity contribution in [1.82, 2.24) is 44.6 Å². The van der Waals surface area contributed by atoms with Crippen LogP contribution in [0.15, 0.2) is 67.0 Å². The number of anilines is 2. The van der Waals surface area contributed by atoms with Crippen LogP contribution in [-0.2, 0) is 25.7 Å². The molecule has 0 aliphatic carbocycles. The molecule has 20 nitrogen and oxygen atoms in total. The number of fused-ring (bicyclic) bond motifs is 1. The zero-order valence-electron chi connectivity index (χ0n) is 34.7. The smallest absolute Gasteiger partial charge is 0.475 e. The van der Waals surface area contributed by atoms with E-state index in [0.717, 1.165) is 19.6 Å². The van der Waals surface area contributed by atoms with Crippen molar-refractivity contribution in [3.05, 3.63) is 83.9 Å². The third-order valence-corrected chi connectivity index (χ3v) is 9.45. The number of nitrogens with one attached hydrogen (secondary N) is 2. The number of carbonyl (C=O) groups is 3. The summed E-state index contributed by atoms with van der Waals surface area (Å²) in [6, 6.07) is 20.7. The van der Waals surface area contributed by atoms with Crippen LogP contribution in [0.1, 0.15) is 55.0 Å². The molecule has 2 aliphatic rings. The molecule has 2 saturated heterocycles. The number of carboxylic acids is 3. The molecule has 0 unspecified atom stereocenters. The van der Waals surface area contributed by atoms with Crippen LogP contribution in [-0.4, -0.2) is 152 Å². The maximum atomic E-state index is 11.1. The standard InChI is InChI=1S/C32H39N11O3.3C2HF3O2/c1-2-43-39-29(38-40-43)27-25(44)26(45)31(46-27)42-20-35-24-28(36-32(37-30(24)42)33-15-18-41-16-9-10-17-41)34-19-23(21-11-5-3-6-12-21)22-13-7-4-8-14-22;3*3-2(4,5)1(6)7/h3-8,11-14,20,23,25-27,31,44-45H,2,9-10,15-19H2,1H3,(H2,33,34,36,37);3*(H,6,7)/t25-,26+,27-,31+;;;/m0.../s1. The number of aliphatic hydroxyl groups excluding tert-OH is 2. The van der Waals surface area contributed by atoms with Gasteiger partial charge in [-0.25, -0.2) is 19.4 Å². The number of hydrogen-bond acceptors (Lipinski definition) is 15. The number of nitrogens with zero attached hydrogens (tertiary/aromatic N) is 9. The van der Waals surface area contributed by atoms with E-state index in [4.69, 9.17) is 44.4 Å². The highest BCUT2D eigenvalue weighted by atomic mass is 19.4. The molecule has 5 heterocycles. The van der Waals surface area contributed by atoms with E-state index in [1.807, 2.05) is 43.3 Å². The number of hydrogen-bond donors (Lipinski definition) is 7. The molecule has 366 valence electrons. The van der Waals surface area contributed by atoms with E-state index in [-0.39, 0.29) is 11.7 Å². The van der Waals surface area contributed by atoms with Gasteiger partial charge in [0.2, 0.25) is 11.8 Å². The van der Waals surface area contributed by atoms with Gasteiger partial charge in [-0.2, -0.15) is 54.3 Å². The molecule has 67 heavy (non-hydrogen) atoms. The van der Waals surface area contributed by atoms with Gasteiger partial charge in [-0.15, -0.1) is 10.2 Å². The number of imidazole rings is 1. The van der Waals surface area contributed by atoms with Gasteiger partial charge in [0.1, 0.15) is 12.2 Å². The minimum Gasteiger partial charge on any atom is -0.475 e. The molecular formula is C38H42F9N11O9. The number of aryl methyl sites for hydroxylation is 1. The number of rotatable bonds is 12. The summed E-state index contributed by atoms with van der Waals surface area (Å²) in [4.78, 5) is 44.9. The van der Waals surface area contributed by atoms with Crippen molar-refractivity contribution in [2.75, 3.05) is 43.4 Å². The van der Waals surface area contributed by atoms with Crippen molar-refractivity contribution in [3.8, 4) is 0 Å². The summed E-state index contributed by atoms with van der Waals surface area (Å²) in [6.07, 6.45) is -15.8. The first-order chi connectivity index (χ1) is 31.4. The number of alkyl halides is 9. The zero-order chi connectivity index (χ0) is 49.7. The summed E-state index contributed by atoms with van der Waals surface area (Å²) in [6.45, 7) is 6.73. The topological polar surface area (TPSA) is 276 Å². The Kier molecular flexibility index (Phi) is 18.3. The predicted molar refractivity (Wildman–Crippen MR) is 212 cm³/mol. The number of aliphatic hydroxyl groups is 2. The molecule has 2 aromatic carbocycles. The van der Waals surface area contributed by atoms with Gasteiger partial charge in [-0.1, -0.05) is 60.7 Å². The van der Waals surface area contributed by atoms with E-state index in [1.165, 1.54) is 28.8 Å². The van der Waals surface area contributed by atoms with E-state index < -0.39 is 61.0 Å². The minimum atomic E-state index is -5.08. The second-order valence-electron chi connectivity index (χ2n) is 14.1. The Morgan fingerprint density at radius 2 is 1.28 bits per heavy atom. The number of halogens is 9. The van der Waals surface area contributed by atoms with Gasteiger partial charge in [-0.05, 0) is 49.2 Å². The van der Waals surface area contributed by atoms with Gasteiger partial charge in [0, 0.05) is 25.6 Å². The number of aromatic nitrogens is 8. The van der Waals surface area contributed by atoms with Crippen LogP contribution in [0.5, 0.6) is 0 Å². The van der Waals surface area contributed by atoms with Crippen LogP contribution in [0.4, 0.5) is 51.3 Å². The van der Waals surface area contributed by atoms with Gasteiger partial charge in [0.15, 0.2) is 29.3 Å². The lowest BCUT2D eigenvalue weighted by Crippen LogP contribution is -2.29. The number of benzene rings is 2. The Balaban J connectivity index is 0.000000389. The average molecular weight is 968 g/mol. The highest BCUT2D eigenvalue weighted by Crippen LogP contribution is 2.39. The summed E-state index contributed by atoms with van der Waals surface area (Å²) < 4.78 is 103. The van der Waals surface area contributed by atoms with E-state index >= 15 is 0 Å². The maximum absolute atomic E-state index is 11.1. The van der Waals surface area contributed by atoms with Gasteiger partial charge in [-0.3, -0.25) is 4.57 Å². The van der Waals surface area contributed by atoms with Crippen LogP contribution < -0.4 is 10.6 Å². The summed E-state index contributed by atoms with van der Waals surface area (Å²) in [5, 5.41) is 62.7. The molecule has 0 bridgehead atoms. The number of likely N-dealkylation sites (tertiary alicyclic amines) is 1. The number of ether oxygens (including phenoxy) is 1. The van der Waals surface area contributed by atoms with Crippen LogP contribution in [0.3, 0.4) is 0 Å². The molecule has 4 atom stereocenters. The van der Waals surface area contributed by atoms with Crippen molar-refractivity contribution in [3.63, 3.8) is 0 Å². The molecule has 0 saturated carbocycles. The fourth-order valence-corrected chi connectivity index (χ4v) is 6.24. The lowest BCUT2D eigenvalue weighted by atomic mass is 9.91. The lowest BCUT2D eigenvalue weighted by molar-refractivity contribution is -0.193. The number of carboxylic acid groups (broad SMARTS) is 3. The first-order valence-electron chi connectivity index (χ1n) is 19.7. The number of aliphatic carboxylic acids is 3. The monoisotopic (exact) mass is 967 g/mol. The maximum Gasteiger partial charge on any atom is 0.490 e. The summed E-state index contributed by atoms with van der Waals surface area (Å²) in [5.74, 6) is -7.02. The van der Waals surface area contributed by atoms with Gasteiger partial charge < -0.3 is 45.8 Å². The SMILES string of the molecule is CCn1nnc([C@H]2O[C@@H](n3cnc4c(NCC(c5ccccc5)c5ccccc5)nc(NCCN5CCCC5)nc43)[C@H](O)[C@@H]2O)n1.O=C(O)C(F)(F)F.O=C(O)C(F)(F)F.O=C(O)C(F)(F)F. The average Bonchev–Trinajstić information content (AvgIpc) is 4.10. The van der Waals surface area contributed by atoms with Crippen molar-refractivity contribution >= 4 is 40.8 Å². The quantitative estimate of drug-likeness (QED) is 0.0849. The van der Waals surface area contributed by atoms with Crippen LogP contribution in [0.2, 0.25) is 0 Å². The van der Waals surface area contributed by atoms with Gasteiger partial charge in [0.05, 0.1) is 12.9 Å². The first-order valence-corrected chi connectivity index (χ1v) is 19.7. The normalized spacial score (nSPS) is 18.5. The lowest BCUT2D eigenvalue weighted by Gasteiger charge is -2.20. The molecule has 0 radical (unpaired) electrons. The summed E-state index contributed by atoms with van der Waals surface area (Å²) >= 11 is 0. The Labute approximate surface area is 372 Å². The Morgan fingerprint density at radius 3 is 1.75 bits per heavy atom. The summed E-state index contributed by atoms with van der Waals surface area (Å²) in [5.41, 5.74) is 3.34. The zero-order valence-corrected chi connectivity index (χ0v) is 34.7. The van der Waals surface area contributed by atoms with Crippen LogP contribution in [0.25, 0.3) is 11.2 Å². The Morgan fingerprint density at radius 1 is 0.776 bits per heavy atom. The van der Waals surface area contributed by atoms with Crippen molar-refractivity contribution in [1.29, 1.82) is 0 Å². The molecule has 7 rings (SSSR count). The van der Waals surface area contributed by atoms with Crippen molar-refractivity contribution < 1.29 is 84.2 Å². The largest absolute Gasteiger partial charge is 0.490 e. The first kappa shape index (κ1) is 52.9. The molecule has 3 aromatic heterocycles. The van der Waals surface area contributed by atoms with E-state index in [9.17, 15) is 49.7 Å². The van der Waals surface area contributed by atoms with E-state index in [2.05, 4.69) is 60.2 Å². The third kappa shape index (κ3) is 15.2. The van der Waals surface area contributed by atoms with Gasteiger partial charge >= 0.3 is 36.4 Å². The molecule has 0 spiro atoms. The number of tetrazole rings is 1. The van der Waals surface area contributed by atoms with Crippen LogP contribution >= 0.6 is 0 Å². The predicted octanol–water partition coefficient (Wildman–Crippen LogP) is 4.48. The molecular weight excluding hydrogens is 925 g/mol.